The fraction of sp³-hybridized carbons (Fsp3) is 0.0870. The first-order chi connectivity index (χ1) is 23.6. The van der Waals surface area contributed by atoms with E-state index < -0.39 is 5.43 Å². The van der Waals surface area contributed by atoms with Crippen LogP contribution in [0.5, 0.6) is 0 Å². The minimum atomic E-state index is -0.455. The summed E-state index contributed by atoms with van der Waals surface area (Å²) in [6, 6.07) is 65.2. The molecule has 8 rings (SSSR count). The third-order valence-corrected chi connectivity index (χ3v) is 14.8. The van der Waals surface area contributed by atoms with Crippen LogP contribution in [-0.2, 0) is 36.2 Å². The molecule has 0 aromatic heterocycles. The summed E-state index contributed by atoms with van der Waals surface area (Å²) in [5.41, 5.74) is 7.65. The molecule has 0 radical (unpaired) electrons. The maximum absolute atomic E-state index is 2.32. The van der Waals surface area contributed by atoms with E-state index in [4.69, 9.17) is 0 Å². The molecule has 0 aliphatic carbocycles. The van der Waals surface area contributed by atoms with E-state index in [2.05, 4.69) is 196 Å². The van der Waals surface area contributed by atoms with E-state index in [1.54, 1.807) is 23.3 Å². The molecule has 0 N–H and O–H groups in total. The number of hydrogen-bond donors (Lipinski definition) is 0. The van der Waals surface area contributed by atoms with Gasteiger partial charge in [-0.3, -0.25) is 0 Å². The van der Waals surface area contributed by atoms with Crippen LogP contribution < -0.4 is 10.4 Å². The maximum atomic E-state index is 2.32. The van der Waals surface area contributed by atoms with E-state index in [9.17, 15) is 0 Å². The van der Waals surface area contributed by atoms with Crippen molar-refractivity contribution in [2.45, 2.75) is 26.7 Å². The van der Waals surface area contributed by atoms with Crippen LogP contribution in [0.2, 0.25) is 0 Å². The predicted octanol–water partition coefficient (Wildman–Crippen LogP) is 10.9. The van der Waals surface area contributed by atoms with Crippen molar-refractivity contribution in [1.82, 2.24) is 0 Å². The van der Waals surface area contributed by atoms with Gasteiger partial charge in [-0.25, -0.2) is 0 Å². The zero-order valence-corrected chi connectivity index (χ0v) is 31.2. The first-order valence-electron chi connectivity index (χ1n) is 16.8. The molecule has 0 fully saturated rings. The summed E-state index contributed by atoms with van der Waals surface area (Å²) < 4.78 is 0. The van der Waals surface area contributed by atoms with Crippen molar-refractivity contribution in [3.8, 4) is 22.3 Å². The van der Waals surface area contributed by atoms with Crippen molar-refractivity contribution >= 4 is 37.4 Å². The Hall–Kier alpha value is -4.36. The molecule has 0 amide bonds. The van der Waals surface area contributed by atoms with Crippen LogP contribution in [-0.4, -0.2) is 5.43 Å². The zero-order valence-electron chi connectivity index (χ0n) is 27.7. The van der Waals surface area contributed by atoms with Crippen LogP contribution in [0.4, 0.5) is 0 Å². The van der Waals surface area contributed by atoms with Crippen molar-refractivity contribution in [3.05, 3.63) is 193 Å². The van der Waals surface area contributed by atoms with Gasteiger partial charge < -0.3 is 0 Å². The molecule has 232 valence electrons. The molecule has 8 aromatic rings. The molecule has 0 unspecified atom stereocenters. The summed E-state index contributed by atoms with van der Waals surface area (Å²) in [6.45, 7) is 4.41. The van der Waals surface area contributed by atoms with Crippen LogP contribution in [0.3, 0.4) is 0 Å². The number of aryl methyl sites for hydroxylation is 2. The van der Waals surface area contributed by atoms with Crippen molar-refractivity contribution in [1.29, 1.82) is 0 Å². The first-order valence-corrected chi connectivity index (χ1v) is 22.0. The van der Waals surface area contributed by atoms with Crippen LogP contribution in [0.25, 0.3) is 43.8 Å². The second kappa shape index (κ2) is 16.6. The van der Waals surface area contributed by atoms with Gasteiger partial charge in [0.25, 0.3) is 0 Å². The second-order valence-corrected chi connectivity index (χ2v) is 17.5. The van der Waals surface area contributed by atoms with Gasteiger partial charge in [0.15, 0.2) is 0 Å². The Morgan fingerprint density at radius 3 is 1.15 bits per heavy atom. The van der Waals surface area contributed by atoms with Gasteiger partial charge in [0.2, 0.25) is 0 Å². The van der Waals surface area contributed by atoms with Gasteiger partial charge in [-0.2, -0.15) is 12.1 Å². The van der Waals surface area contributed by atoms with Gasteiger partial charge in [0.05, 0.1) is 0 Å². The Morgan fingerprint density at radius 2 is 0.792 bits per heavy atom. The SMILES string of the molecule is CCc1cc2c(-c3ccccc3)cccc2[cH-]1.CCc1cc2c(-c3ccccc3)cccc2[cH-]1.[Zr+2]=[Si](c1ccccc1)c1ccccc1. The molecule has 2 heteroatoms. The van der Waals surface area contributed by atoms with Gasteiger partial charge in [-0.15, -0.1) is 69.1 Å². The molecule has 0 aliphatic heterocycles. The molecule has 0 atom stereocenters. The van der Waals surface area contributed by atoms with Crippen LogP contribution >= 0.6 is 0 Å². The summed E-state index contributed by atoms with van der Waals surface area (Å²) in [5, 5.41) is 8.47. The van der Waals surface area contributed by atoms with Crippen molar-refractivity contribution < 1.29 is 23.3 Å². The molecule has 0 heterocycles. The predicted molar refractivity (Wildman–Crippen MR) is 207 cm³/mol. The van der Waals surface area contributed by atoms with E-state index in [-0.39, 0.29) is 0 Å². The van der Waals surface area contributed by atoms with E-state index >= 15 is 0 Å². The van der Waals surface area contributed by atoms with E-state index in [1.165, 1.54) is 65.3 Å². The molecule has 48 heavy (non-hydrogen) atoms. The first kappa shape index (κ1) is 33.5. The number of hydrogen-bond acceptors (Lipinski definition) is 0. The van der Waals surface area contributed by atoms with Crippen LogP contribution in [0.1, 0.15) is 25.0 Å². The van der Waals surface area contributed by atoms with Crippen molar-refractivity contribution in [3.63, 3.8) is 0 Å². The Bertz CT molecular complexity index is 2030. The fourth-order valence-electron chi connectivity index (χ4n) is 6.12. The molecular formula is C46H40SiZr. The van der Waals surface area contributed by atoms with Gasteiger partial charge in [-0.05, 0) is 24.0 Å². The summed E-state index contributed by atoms with van der Waals surface area (Å²) in [7, 11) is 0. The molecular weight excluding hydrogens is 672 g/mol. The normalized spacial score (nSPS) is 10.6. The fourth-order valence-corrected chi connectivity index (χ4v) is 9.96. The van der Waals surface area contributed by atoms with E-state index in [1.807, 2.05) is 0 Å². The molecule has 0 spiro atoms. The summed E-state index contributed by atoms with van der Waals surface area (Å²) >= 11 is 1.64. The summed E-state index contributed by atoms with van der Waals surface area (Å²) in [4.78, 5) is 0. The Kier molecular flexibility index (Phi) is 11.6. The molecule has 8 aromatic carbocycles. The minimum absolute atomic E-state index is 0.455. The third-order valence-electron chi connectivity index (χ3n) is 8.73. The summed E-state index contributed by atoms with van der Waals surface area (Å²) in [6.07, 6.45) is 2.20. The molecule has 0 aliphatic rings. The summed E-state index contributed by atoms with van der Waals surface area (Å²) in [5.74, 6) is 0. The van der Waals surface area contributed by atoms with Crippen molar-refractivity contribution in [2.75, 3.05) is 0 Å². The van der Waals surface area contributed by atoms with Gasteiger partial charge in [0.1, 0.15) is 0 Å². The molecule has 0 saturated heterocycles. The average Bonchev–Trinajstić information content (AvgIpc) is 3.81. The van der Waals surface area contributed by atoms with Crippen LogP contribution in [0, 0.1) is 0 Å². The molecule has 0 nitrogen and oxygen atoms in total. The third kappa shape index (κ3) is 8.19. The van der Waals surface area contributed by atoms with Crippen molar-refractivity contribution in [2.24, 2.45) is 0 Å². The van der Waals surface area contributed by atoms with E-state index in [0.29, 0.717) is 0 Å². The van der Waals surface area contributed by atoms with Gasteiger partial charge in [-0.1, -0.05) is 97.8 Å². The Balaban J connectivity index is 0.000000126. The standard InChI is InChI=1S/2C17H15.C12H10Si.Zr/c2*1-2-13-11-15-9-6-10-16(17(15)12-13)14-7-4-3-5-8-14;1-3-7-11(8-4-1)13-12-9-5-2-6-10-12;/h2*3-12H,2H2,1H3;1-10H;/q2*-1;;+2. The number of rotatable bonds is 6. The Labute approximate surface area is 300 Å². The van der Waals surface area contributed by atoms with Gasteiger partial charge >= 0.3 is 99.8 Å². The topological polar surface area (TPSA) is 0 Å². The quantitative estimate of drug-likeness (QED) is 0.119. The average molecular weight is 712 g/mol. The number of benzene rings is 6. The van der Waals surface area contributed by atoms with Gasteiger partial charge in [0, 0.05) is 0 Å². The zero-order chi connectivity index (χ0) is 33.1. The molecule has 0 saturated carbocycles. The molecule has 0 bridgehead atoms. The van der Waals surface area contributed by atoms with Crippen LogP contribution in [0.15, 0.2) is 182 Å². The number of fused-ring (bicyclic) bond motifs is 2. The Morgan fingerprint density at radius 1 is 0.438 bits per heavy atom. The second-order valence-electron chi connectivity index (χ2n) is 11.9. The van der Waals surface area contributed by atoms with E-state index in [0.717, 1.165) is 12.8 Å². The monoisotopic (exact) mass is 710 g/mol.